The molecule has 0 unspecified atom stereocenters. The van der Waals surface area contributed by atoms with Gasteiger partial charge in [0, 0.05) is 17.7 Å². The van der Waals surface area contributed by atoms with Crippen LogP contribution in [0.1, 0.15) is 25.3 Å². The minimum absolute atomic E-state index is 0.0281. The highest BCUT2D eigenvalue weighted by molar-refractivity contribution is 5.92. The van der Waals surface area contributed by atoms with Crippen LogP contribution in [0.5, 0.6) is 0 Å². The van der Waals surface area contributed by atoms with Gasteiger partial charge in [-0.15, -0.1) is 0 Å². The number of rotatable bonds is 4. The van der Waals surface area contributed by atoms with Crippen molar-refractivity contribution < 1.29 is 9.21 Å². The Morgan fingerprint density at radius 3 is 2.77 bits per heavy atom. The Hall–Kier alpha value is -2.62. The van der Waals surface area contributed by atoms with E-state index in [1.165, 1.54) is 0 Å². The van der Waals surface area contributed by atoms with Gasteiger partial charge in [0.2, 0.25) is 11.8 Å². The number of oxazole rings is 1. The minimum atomic E-state index is 0.0281. The monoisotopic (exact) mass is 294 g/mol. The van der Waals surface area contributed by atoms with Crippen molar-refractivity contribution in [1.29, 1.82) is 0 Å². The third-order valence-electron chi connectivity index (χ3n) is 3.61. The molecule has 22 heavy (non-hydrogen) atoms. The number of carbonyl (C=O) groups excluding carboxylic acids is 1. The van der Waals surface area contributed by atoms with Crippen molar-refractivity contribution in [2.75, 3.05) is 5.32 Å². The summed E-state index contributed by atoms with van der Waals surface area (Å²) in [7, 11) is 0. The lowest BCUT2D eigenvalue weighted by atomic mass is 10.1. The molecule has 0 radical (unpaired) electrons. The van der Waals surface area contributed by atoms with Crippen LogP contribution in [0.4, 0.5) is 5.69 Å². The van der Waals surface area contributed by atoms with Crippen LogP contribution in [0, 0.1) is 6.92 Å². The number of amides is 1. The lowest BCUT2D eigenvalue weighted by Gasteiger charge is -2.10. The largest absolute Gasteiger partial charge is 0.436 e. The van der Waals surface area contributed by atoms with E-state index in [4.69, 9.17) is 4.42 Å². The Morgan fingerprint density at radius 1 is 1.18 bits per heavy atom. The van der Waals surface area contributed by atoms with Crippen molar-refractivity contribution in [1.82, 2.24) is 4.98 Å². The van der Waals surface area contributed by atoms with E-state index in [-0.39, 0.29) is 5.91 Å². The van der Waals surface area contributed by atoms with Gasteiger partial charge in [-0.05, 0) is 43.2 Å². The summed E-state index contributed by atoms with van der Waals surface area (Å²) in [4.78, 5) is 16.3. The van der Waals surface area contributed by atoms with E-state index >= 15 is 0 Å². The highest BCUT2D eigenvalue weighted by Crippen LogP contribution is 2.30. The molecule has 4 heteroatoms. The van der Waals surface area contributed by atoms with Crippen LogP contribution in [0.25, 0.3) is 22.6 Å². The van der Waals surface area contributed by atoms with Crippen LogP contribution < -0.4 is 5.32 Å². The number of carbonyl (C=O) groups is 1. The molecule has 1 aromatic heterocycles. The Kier molecular flexibility index (Phi) is 3.92. The molecular weight excluding hydrogens is 276 g/mol. The van der Waals surface area contributed by atoms with Crippen molar-refractivity contribution >= 4 is 22.7 Å². The molecular formula is C18H18N2O2. The number of para-hydroxylation sites is 2. The van der Waals surface area contributed by atoms with Gasteiger partial charge in [-0.3, -0.25) is 4.79 Å². The minimum Gasteiger partial charge on any atom is -0.436 e. The van der Waals surface area contributed by atoms with Gasteiger partial charge < -0.3 is 9.73 Å². The summed E-state index contributed by atoms with van der Waals surface area (Å²) in [5.74, 6) is 0.602. The van der Waals surface area contributed by atoms with Crippen LogP contribution in [0.15, 0.2) is 46.9 Å². The number of benzene rings is 2. The highest BCUT2D eigenvalue weighted by Gasteiger charge is 2.13. The maximum atomic E-state index is 11.8. The SMILES string of the molecule is CCCC(=O)Nc1cccc(-c2nc3ccccc3o2)c1C. The summed E-state index contributed by atoms with van der Waals surface area (Å²) in [6, 6.07) is 13.4. The molecule has 0 spiro atoms. The first-order chi connectivity index (χ1) is 10.7. The van der Waals surface area contributed by atoms with Crippen LogP contribution in [0.3, 0.4) is 0 Å². The van der Waals surface area contributed by atoms with Crippen LogP contribution >= 0.6 is 0 Å². The second-order valence-corrected chi connectivity index (χ2v) is 5.26. The van der Waals surface area contributed by atoms with E-state index in [9.17, 15) is 4.79 Å². The number of nitrogens with one attached hydrogen (secondary N) is 1. The second-order valence-electron chi connectivity index (χ2n) is 5.26. The topological polar surface area (TPSA) is 55.1 Å². The lowest BCUT2D eigenvalue weighted by Crippen LogP contribution is -2.11. The van der Waals surface area contributed by atoms with Gasteiger partial charge in [-0.2, -0.15) is 0 Å². The molecule has 4 nitrogen and oxygen atoms in total. The van der Waals surface area contributed by atoms with Crippen molar-refractivity contribution in [3.05, 3.63) is 48.0 Å². The number of hydrogen-bond donors (Lipinski definition) is 1. The third-order valence-corrected chi connectivity index (χ3v) is 3.61. The third kappa shape index (κ3) is 2.72. The summed E-state index contributed by atoms with van der Waals surface area (Å²) in [5, 5.41) is 2.95. The summed E-state index contributed by atoms with van der Waals surface area (Å²) in [5.41, 5.74) is 4.25. The maximum Gasteiger partial charge on any atom is 0.227 e. The Morgan fingerprint density at radius 2 is 2.00 bits per heavy atom. The number of aromatic nitrogens is 1. The van der Waals surface area contributed by atoms with Crippen LogP contribution in [-0.4, -0.2) is 10.9 Å². The van der Waals surface area contributed by atoms with Crippen molar-refractivity contribution in [3.8, 4) is 11.5 Å². The van der Waals surface area contributed by atoms with E-state index < -0.39 is 0 Å². The fraction of sp³-hybridized carbons (Fsp3) is 0.222. The van der Waals surface area contributed by atoms with Crippen molar-refractivity contribution in [3.63, 3.8) is 0 Å². The van der Waals surface area contributed by atoms with E-state index in [1.54, 1.807) is 0 Å². The Balaban J connectivity index is 1.98. The fourth-order valence-electron chi connectivity index (χ4n) is 2.43. The van der Waals surface area contributed by atoms with E-state index in [1.807, 2.05) is 56.3 Å². The number of fused-ring (bicyclic) bond motifs is 1. The van der Waals surface area contributed by atoms with Gasteiger partial charge in [-0.1, -0.05) is 25.1 Å². The van der Waals surface area contributed by atoms with E-state index in [0.29, 0.717) is 12.3 Å². The van der Waals surface area contributed by atoms with Gasteiger partial charge in [0.1, 0.15) is 5.52 Å². The zero-order valence-corrected chi connectivity index (χ0v) is 12.7. The molecule has 3 rings (SSSR count). The van der Waals surface area contributed by atoms with Crippen LogP contribution in [-0.2, 0) is 4.79 Å². The molecule has 0 saturated heterocycles. The van der Waals surface area contributed by atoms with E-state index in [0.717, 1.165) is 34.3 Å². The second kappa shape index (κ2) is 6.02. The summed E-state index contributed by atoms with van der Waals surface area (Å²) in [6.07, 6.45) is 1.35. The molecule has 0 fully saturated rings. The molecule has 0 aliphatic heterocycles. The van der Waals surface area contributed by atoms with Gasteiger partial charge in [0.05, 0.1) is 0 Å². The maximum absolute atomic E-state index is 11.8. The number of hydrogen-bond acceptors (Lipinski definition) is 3. The molecule has 0 aliphatic rings. The quantitative estimate of drug-likeness (QED) is 0.768. The van der Waals surface area contributed by atoms with Gasteiger partial charge in [0.15, 0.2) is 5.58 Å². The summed E-state index contributed by atoms with van der Waals surface area (Å²) in [6.45, 7) is 3.95. The highest BCUT2D eigenvalue weighted by atomic mass is 16.3. The summed E-state index contributed by atoms with van der Waals surface area (Å²) < 4.78 is 5.82. The average molecular weight is 294 g/mol. The van der Waals surface area contributed by atoms with Crippen molar-refractivity contribution in [2.24, 2.45) is 0 Å². The predicted molar refractivity (Wildman–Crippen MR) is 87.7 cm³/mol. The standard InChI is InChI=1S/C18H18N2O2/c1-3-7-17(21)19-14-10-6-8-13(12(14)2)18-20-15-9-4-5-11-16(15)22-18/h4-6,8-11H,3,7H2,1-2H3,(H,19,21). The normalized spacial score (nSPS) is 10.8. The van der Waals surface area contributed by atoms with Crippen LogP contribution in [0.2, 0.25) is 0 Å². The molecule has 1 amide bonds. The summed E-state index contributed by atoms with van der Waals surface area (Å²) >= 11 is 0. The molecule has 2 aromatic carbocycles. The zero-order valence-electron chi connectivity index (χ0n) is 12.7. The average Bonchev–Trinajstić information content (AvgIpc) is 2.93. The smallest absolute Gasteiger partial charge is 0.227 e. The predicted octanol–water partition coefficient (Wildman–Crippen LogP) is 4.54. The molecule has 0 saturated carbocycles. The van der Waals surface area contributed by atoms with Gasteiger partial charge in [0.25, 0.3) is 0 Å². The molecule has 1 heterocycles. The zero-order chi connectivity index (χ0) is 15.5. The molecule has 3 aromatic rings. The Labute approximate surface area is 129 Å². The van der Waals surface area contributed by atoms with E-state index in [2.05, 4.69) is 10.3 Å². The first-order valence-corrected chi connectivity index (χ1v) is 7.44. The van der Waals surface area contributed by atoms with Crippen molar-refractivity contribution in [2.45, 2.75) is 26.7 Å². The molecule has 0 atom stereocenters. The lowest BCUT2D eigenvalue weighted by molar-refractivity contribution is -0.116. The molecule has 112 valence electrons. The molecule has 1 N–H and O–H groups in total. The molecule has 0 bridgehead atoms. The first kappa shape index (κ1) is 14.3. The first-order valence-electron chi connectivity index (χ1n) is 7.44. The fourth-order valence-corrected chi connectivity index (χ4v) is 2.43. The Bertz CT molecular complexity index is 788. The number of anilines is 1. The van der Waals surface area contributed by atoms with Gasteiger partial charge in [-0.25, -0.2) is 4.98 Å². The number of nitrogens with zero attached hydrogens (tertiary/aromatic N) is 1. The molecule has 0 aliphatic carbocycles. The van der Waals surface area contributed by atoms with Gasteiger partial charge >= 0.3 is 0 Å².